The zero-order chi connectivity index (χ0) is 28.1. The number of anilines is 2. The minimum atomic E-state index is -0.596. The number of nitrogens with zero attached hydrogens (tertiary/aromatic N) is 4. The van der Waals surface area contributed by atoms with E-state index in [4.69, 9.17) is 23.2 Å². The molecule has 200 valence electrons. The summed E-state index contributed by atoms with van der Waals surface area (Å²) in [6.45, 7) is 1.10. The van der Waals surface area contributed by atoms with E-state index in [0.717, 1.165) is 0 Å². The standard InChI is InChI=1S/C27H24Cl2N6O4/c1-34(2)11-12-35-27(39)20(9-10-31-35)16-3-5-17(6-4-16)25(37)33-24-22(13-19(29)14-23(24)36)32-26(38)21-8-7-18(28)15-30-21/h3-10,13-15,36H,11-12H2,1-2H3,(H,32,38)(H,33,37). The number of rotatable bonds is 8. The number of phenols is 1. The third-order valence-electron chi connectivity index (χ3n) is 5.66. The molecular formula is C27H24Cl2N6O4. The Morgan fingerprint density at radius 3 is 2.38 bits per heavy atom. The van der Waals surface area contributed by atoms with E-state index in [1.807, 2.05) is 19.0 Å². The quantitative estimate of drug-likeness (QED) is 0.270. The van der Waals surface area contributed by atoms with Gasteiger partial charge in [-0.15, -0.1) is 0 Å². The van der Waals surface area contributed by atoms with Crippen LogP contribution in [0.15, 0.2) is 71.8 Å². The molecule has 0 bridgehead atoms. The maximum atomic E-state index is 13.0. The molecule has 0 fully saturated rings. The summed E-state index contributed by atoms with van der Waals surface area (Å²) in [5.74, 6) is -1.50. The molecule has 4 rings (SSSR count). The molecule has 10 nitrogen and oxygen atoms in total. The number of hydrogen-bond donors (Lipinski definition) is 3. The molecule has 0 saturated carbocycles. The number of amides is 2. The highest BCUT2D eigenvalue weighted by Gasteiger charge is 2.18. The fraction of sp³-hybridized carbons (Fsp3) is 0.148. The van der Waals surface area contributed by atoms with Crippen LogP contribution in [0, 0.1) is 0 Å². The molecule has 0 saturated heterocycles. The van der Waals surface area contributed by atoms with Crippen LogP contribution in [0.4, 0.5) is 11.4 Å². The Balaban J connectivity index is 1.54. The summed E-state index contributed by atoms with van der Waals surface area (Å²) >= 11 is 11.9. The molecule has 39 heavy (non-hydrogen) atoms. The van der Waals surface area contributed by atoms with Crippen molar-refractivity contribution >= 4 is 46.4 Å². The molecule has 0 spiro atoms. The van der Waals surface area contributed by atoms with E-state index in [-0.39, 0.29) is 39.0 Å². The second-order valence-corrected chi connectivity index (χ2v) is 9.64. The monoisotopic (exact) mass is 566 g/mol. The van der Waals surface area contributed by atoms with Gasteiger partial charge in [0.15, 0.2) is 0 Å². The molecule has 0 aliphatic carbocycles. The molecule has 0 radical (unpaired) electrons. The molecule has 0 atom stereocenters. The highest BCUT2D eigenvalue weighted by atomic mass is 35.5. The molecule has 4 aromatic rings. The van der Waals surface area contributed by atoms with Crippen molar-refractivity contribution in [1.82, 2.24) is 19.7 Å². The fourth-order valence-electron chi connectivity index (χ4n) is 3.63. The molecule has 0 unspecified atom stereocenters. The van der Waals surface area contributed by atoms with Crippen molar-refractivity contribution in [3.63, 3.8) is 0 Å². The van der Waals surface area contributed by atoms with E-state index in [9.17, 15) is 19.5 Å². The molecule has 3 N–H and O–H groups in total. The van der Waals surface area contributed by atoms with Gasteiger partial charge in [0.1, 0.15) is 17.1 Å². The molecule has 0 aliphatic heterocycles. The average molecular weight is 567 g/mol. The number of benzene rings is 2. The number of aromatic nitrogens is 3. The van der Waals surface area contributed by atoms with E-state index in [1.165, 1.54) is 35.1 Å². The third kappa shape index (κ3) is 6.80. The van der Waals surface area contributed by atoms with E-state index in [0.29, 0.717) is 29.2 Å². The van der Waals surface area contributed by atoms with Gasteiger partial charge in [-0.1, -0.05) is 35.3 Å². The van der Waals surface area contributed by atoms with Crippen LogP contribution in [0.1, 0.15) is 20.8 Å². The van der Waals surface area contributed by atoms with Crippen LogP contribution in [0.2, 0.25) is 10.0 Å². The first kappa shape index (κ1) is 27.8. The van der Waals surface area contributed by atoms with Crippen molar-refractivity contribution in [3.8, 4) is 16.9 Å². The Kier molecular flexibility index (Phi) is 8.60. The number of pyridine rings is 1. The number of carbonyl (C=O) groups excluding carboxylic acids is 2. The van der Waals surface area contributed by atoms with Crippen LogP contribution in [0.5, 0.6) is 5.75 Å². The topological polar surface area (TPSA) is 129 Å². The van der Waals surface area contributed by atoms with Gasteiger partial charge in [0, 0.05) is 35.6 Å². The minimum Gasteiger partial charge on any atom is -0.506 e. The lowest BCUT2D eigenvalue weighted by atomic mass is 10.1. The Bertz CT molecular complexity index is 1570. The van der Waals surface area contributed by atoms with Crippen LogP contribution in [0.25, 0.3) is 11.1 Å². The van der Waals surface area contributed by atoms with Gasteiger partial charge in [-0.05, 0) is 56.1 Å². The van der Waals surface area contributed by atoms with Crippen LogP contribution in [-0.4, -0.2) is 57.2 Å². The lowest BCUT2D eigenvalue weighted by molar-refractivity contribution is 0.101. The summed E-state index contributed by atoms with van der Waals surface area (Å²) in [5.41, 5.74) is 1.19. The normalized spacial score (nSPS) is 10.9. The van der Waals surface area contributed by atoms with E-state index in [2.05, 4.69) is 20.7 Å². The Morgan fingerprint density at radius 2 is 1.72 bits per heavy atom. The maximum Gasteiger partial charge on any atom is 0.274 e. The summed E-state index contributed by atoms with van der Waals surface area (Å²) in [6, 6.07) is 13.6. The summed E-state index contributed by atoms with van der Waals surface area (Å²) < 4.78 is 1.40. The van der Waals surface area contributed by atoms with Crippen LogP contribution < -0.4 is 16.2 Å². The highest BCUT2D eigenvalue weighted by molar-refractivity contribution is 6.31. The zero-order valence-electron chi connectivity index (χ0n) is 21.0. The van der Waals surface area contributed by atoms with Gasteiger partial charge < -0.3 is 20.6 Å². The van der Waals surface area contributed by atoms with Crippen LogP contribution >= 0.6 is 23.2 Å². The predicted molar refractivity (Wildman–Crippen MR) is 151 cm³/mol. The first-order valence-electron chi connectivity index (χ1n) is 11.7. The summed E-state index contributed by atoms with van der Waals surface area (Å²) in [5, 5.41) is 20.3. The largest absolute Gasteiger partial charge is 0.506 e. The lowest BCUT2D eigenvalue weighted by Crippen LogP contribution is -2.29. The number of phenolic OH excluding ortho intramolecular Hbond substituents is 1. The van der Waals surface area contributed by atoms with Gasteiger partial charge in [-0.3, -0.25) is 14.4 Å². The SMILES string of the molecule is CN(C)CCn1nccc(-c2ccc(C(=O)Nc3c(O)cc(Cl)cc3NC(=O)c3ccc(Cl)cn3)cc2)c1=O. The smallest absolute Gasteiger partial charge is 0.274 e. The fourth-order valence-corrected chi connectivity index (χ4v) is 3.95. The second-order valence-electron chi connectivity index (χ2n) is 8.77. The number of carbonyl (C=O) groups is 2. The molecule has 2 aromatic carbocycles. The number of aromatic hydroxyl groups is 1. The van der Waals surface area contributed by atoms with Crippen molar-refractivity contribution in [2.75, 3.05) is 31.3 Å². The Hall–Kier alpha value is -4.25. The third-order valence-corrected chi connectivity index (χ3v) is 6.10. The summed E-state index contributed by atoms with van der Waals surface area (Å²) in [6.07, 6.45) is 2.88. The van der Waals surface area contributed by atoms with Gasteiger partial charge in [-0.25, -0.2) is 9.67 Å². The average Bonchev–Trinajstić information content (AvgIpc) is 2.90. The van der Waals surface area contributed by atoms with Crippen molar-refractivity contribution in [2.24, 2.45) is 0 Å². The highest BCUT2D eigenvalue weighted by Crippen LogP contribution is 2.36. The Labute approximate surface area is 233 Å². The Morgan fingerprint density at radius 1 is 0.974 bits per heavy atom. The van der Waals surface area contributed by atoms with E-state index >= 15 is 0 Å². The summed E-state index contributed by atoms with van der Waals surface area (Å²) in [4.78, 5) is 44.5. The molecule has 2 amide bonds. The van der Waals surface area contributed by atoms with Gasteiger partial charge in [0.25, 0.3) is 17.4 Å². The van der Waals surface area contributed by atoms with Gasteiger partial charge in [0.05, 0.1) is 22.8 Å². The van der Waals surface area contributed by atoms with Crippen molar-refractivity contribution in [2.45, 2.75) is 6.54 Å². The number of halogens is 2. The van der Waals surface area contributed by atoms with Crippen LogP contribution in [0.3, 0.4) is 0 Å². The van der Waals surface area contributed by atoms with Gasteiger partial charge >= 0.3 is 0 Å². The van der Waals surface area contributed by atoms with Crippen LogP contribution in [-0.2, 0) is 6.54 Å². The minimum absolute atomic E-state index is 0.0475. The van der Waals surface area contributed by atoms with E-state index in [1.54, 1.807) is 36.5 Å². The molecule has 12 heteroatoms. The molecular weight excluding hydrogens is 543 g/mol. The first-order valence-corrected chi connectivity index (χ1v) is 12.5. The number of likely N-dealkylation sites (N-methyl/N-ethyl adjacent to an activating group) is 1. The number of nitrogens with one attached hydrogen (secondary N) is 2. The summed E-state index contributed by atoms with van der Waals surface area (Å²) in [7, 11) is 3.83. The van der Waals surface area contributed by atoms with Crippen molar-refractivity contribution in [1.29, 1.82) is 0 Å². The first-order chi connectivity index (χ1) is 18.6. The van der Waals surface area contributed by atoms with Crippen molar-refractivity contribution in [3.05, 3.63) is 98.6 Å². The number of hydrogen-bond acceptors (Lipinski definition) is 7. The molecule has 0 aliphatic rings. The zero-order valence-corrected chi connectivity index (χ0v) is 22.5. The lowest BCUT2D eigenvalue weighted by Gasteiger charge is -2.15. The molecule has 2 heterocycles. The maximum absolute atomic E-state index is 13.0. The second kappa shape index (κ2) is 12.1. The van der Waals surface area contributed by atoms with Gasteiger partial charge in [-0.2, -0.15) is 5.10 Å². The molecule has 2 aromatic heterocycles. The predicted octanol–water partition coefficient (Wildman–Crippen LogP) is 4.38. The van der Waals surface area contributed by atoms with Crippen molar-refractivity contribution < 1.29 is 14.7 Å². The van der Waals surface area contributed by atoms with Gasteiger partial charge in [0.2, 0.25) is 0 Å². The van der Waals surface area contributed by atoms with E-state index < -0.39 is 11.8 Å².